The number of nitrogens with one attached hydrogen (secondary N) is 1. The molecule has 4 aromatic carbocycles. The second kappa shape index (κ2) is 13.7. The molecule has 0 radical (unpaired) electrons. The SMILES string of the molecule is N#Cc1cccc(COc2cc(Oc3ncnc4c(-c5ccc6c(c5)OCCO6)cccc34)c(Cl)cc2CN[C@H](CO)C(=O)O)c1. The van der Waals surface area contributed by atoms with Crippen molar-refractivity contribution in [2.45, 2.75) is 19.2 Å². The molecule has 1 aliphatic heterocycles. The molecular formula is C34H27ClN4O7. The highest BCUT2D eigenvalue weighted by molar-refractivity contribution is 6.32. The summed E-state index contributed by atoms with van der Waals surface area (Å²) >= 11 is 6.69. The lowest BCUT2D eigenvalue weighted by Crippen LogP contribution is -2.39. The number of nitrogens with zero attached hydrogens (tertiary/aromatic N) is 3. The summed E-state index contributed by atoms with van der Waals surface area (Å²) < 4.78 is 23.8. The van der Waals surface area contributed by atoms with Crippen LogP contribution in [0, 0.1) is 11.3 Å². The van der Waals surface area contributed by atoms with E-state index in [0.717, 1.165) is 16.7 Å². The zero-order valence-electron chi connectivity index (χ0n) is 24.3. The lowest BCUT2D eigenvalue weighted by molar-refractivity contribution is -0.140. The van der Waals surface area contributed by atoms with Crippen LogP contribution in [0.3, 0.4) is 0 Å². The molecule has 0 unspecified atom stereocenters. The molecule has 5 aromatic rings. The summed E-state index contributed by atoms with van der Waals surface area (Å²) in [5.74, 6) is 1.01. The van der Waals surface area contributed by atoms with E-state index in [4.69, 9.17) is 30.5 Å². The van der Waals surface area contributed by atoms with Crippen molar-refractivity contribution in [3.8, 4) is 46.1 Å². The van der Waals surface area contributed by atoms with E-state index >= 15 is 0 Å². The number of para-hydroxylation sites is 1. The maximum Gasteiger partial charge on any atom is 0.323 e. The van der Waals surface area contributed by atoms with Gasteiger partial charge >= 0.3 is 5.97 Å². The number of benzene rings is 4. The molecule has 46 heavy (non-hydrogen) atoms. The molecule has 0 saturated heterocycles. The first-order valence-electron chi connectivity index (χ1n) is 14.3. The number of aliphatic hydroxyl groups is 1. The van der Waals surface area contributed by atoms with Gasteiger partial charge in [0.1, 0.15) is 37.9 Å². The van der Waals surface area contributed by atoms with Gasteiger partial charge in [0, 0.05) is 23.7 Å². The maximum absolute atomic E-state index is 11.5. The van der Waals surface area contributed by atoms with E-state index in [1.54, 1.807) is 30.3 Å². The predicted octanol–water partition coefficient (Wildman–Crippen LogP) is 5.50. The summed E-state index contributed by atoms with van der Waals surface area (Å²) in [4.78, 5) is 20.4. The van der Waals surface area contributed by atoms with Gasteiger partial charge < -0.3 is 29.2 Å². The number of ether oxygens (including phenoxy) is 4. The second-order valence-electron chi connectivity index (χ2n) is 10.3. The van der Waals surface area contributed by atoms with Crippen LogP contribution in [0.15, 0.2) is 79.1 Å². The molecule has 6 rings (SSSR count). The van der Waals surface area contributed by atoms with E-state index in [-0.39, 0.29) is 29.8 Å². The molecule has 232 valence electrons. The summed E-state index contributed by atoms with van der Waals surface area (Å²) in [6, 6.07) is 22.5. The van der Waals surface area contributed by atoms with Crippen molar-refractivity contribution in [2.24, 2.45) is 0 Å². The molecule has 11 nitrogen and oxygen atoms in total. The maximum atomic E-state index is 11.5. The van der Waals surface area contributed by atoms with Gasteiger partial charge in [0.2, 0.25) is 5.88 Å². The quantitative estimate of drug-likeness (QED) is 0.168. The highest BCUT2D eigenvalue weighted by atomic mass is 35.5. The Balaban J connectivity index is 1.33. The largest absolute Gasteiger partial charge is 0.488 e. The Hall–Kier alpha value is -5.41. The zero-order chi connectivity index (χ0) is 32.0. The number of carbonyl (C=O) groups is 1. The summed E-state index contributed by atoms with van der Waals surface area (Å²) in [7, 11) is 0. The fraction of sp³-hybridized carbons (Fsp3) is 0.176. The molecule has 0 amide bonds. The number of nitriles is 1. The topological polar surface area (TPSA) is 156 Å². The monoisotopic (exact) mass is 638 g/mol. The second-order valence-corrected chi connectivity index (χ2v) is 10.7. The average Bonchev–Trinajstić information content (AvgIpc) is 3.08. The molecular weight excluding hydrogens is 612 g/mol. The van der Waals surface area contributed by atoms with Gasteiger partial charge in [-0.15, -0.1) is 0 Å². The predicted molar refractivity (Wildman–Crippen MR) is 168 cm³/mol. The first kappa shape index (κ1) is 30.6. The van der Waals surface area contributed by atoms with Crippen LogP contribution < -0.4 is 24.3 Å². The number of aliphatic carboxylic acids is 1. The van der Waals surface area contributed by atoms with Crippen molar-refractivity contribution in [2.75, 3.05) is 19.8 Å². The van der Waals surface area contributed by atoms with E-state index < -0.39 is 18.6 Å². The van der Waals surface area contributed by atoms with Crippen molar-refractivity contribution < 1.29 is 34.0 Å². The fourth-order valence-electron chi connectivity index (χ4n) is 4.97. The lowest BCUT2D eigenvalue weighted by atomic mass is 10.0. The van der Waals surface area contributed by atoms with Crippen LogP contribution in [-0.4, -0.2) is 52.0 Å². The van der Waals surface area contributed by atoms with Crippen LogP contribution in [-0.2, 0) is 17.9 Å². The van der Waals surface area contributed by atoms with Crippen LogP contribution >= 0.6 is 11.6 Å². The Morgan fingerprint density at radius 1 is 1.02 bits per heavy atom. The summed E-state index contributed by atoms with van der Waals surface area (Å²) in [6.07, 6.45) is 1.41. The highest BCUT2D eigenvalue weighted by Crippen LogP contribution is 2.40. The molecule has 0 spiro atoms. The minimum atomic E-state index is -1.20. The summed E-state index contributed by atoms with van der Waals surface area (Å²) in [6.45, 7) is 0.515. The van der Waals surface area contributed by atoms with Gasteiger partial charge in [-0.05, 0) is 47.5 Å². The van der Waals surface area contributed by atoms with Crippen LogP contribution in [0.1, 0.15) is 16.7 Å². The minimum Gasteiger partial charge on any atom is -0.488 e. The van der Waals surface area contributed by atoms with Crippen molar-refractivity contribution >= 4 is 28.5 Å². The molecule has 3 N–H and O–H groups in total. The van der Waals surface area contributed by atoms with E-state index in [2.05, 4.69) is 21.4 Å². The van der Waals surface area contributed by atoms with E-state index in [0.29, 0.717) is 52.5 Å². The van der Waals surface area contributed by atoms with Crippen LogP contribution in [0.5, 0.6) is 28.9 Å². The number of aliphatic hydroxyl groups excluding tert-OH is 1. The Bertz CT molecular complexity index is 1960. The van der Waals surface area contributed by atoms with Gasteiger partial charge in [-0.25, -0.2) is 9.97 Å². The zero-order valence-corrected chi connectivity index (χ0v) is 25.0. The number of hydrogen-bond acceptors (Lipinski definition) is 10. The number of carboxylic acids is 1. The van der Waals surface area contributed by atoms with Gasteiger partial charge in [0.05, 0.1) is 34.2 Å². The van der Waals surface area contributed by atoms with Gasteiger partial charge in [-0.1, -0.05) is 41.9 Å². The Morgan fingerprint density at radius 2 is 1.85 bits per heavy atom. The van der Waals surface area contributed by atoms with Crippen LogP contribution in [0.25, 0.3) is 22.0 Å². The molecule has 1 atom stereocenters. The van der Waals surface area contributed by atoms with Crippen LogP contribution in [0.4, 0.5) is 0 Å². The third-order valence-electron chi connectivity index (χ3n) is 7.27. The molecule has 12 heteroatoms. The molecule has 0 saturated carbocycles. The third-order valence-corrected chi connectivity index (χ3v) is 7.57. The van der Waals surface area contributed by atoms with Gasteiger partial charge in [0.15, 0.2) is 17.2 Å². The number of fused-ring (bicyclic) bond motifs is 2. The Labute approximate surface area is 268 Å². The minimum absolute atomic E-state index is 0.0282. The van der Waals surface area contributed by atoms with Gasteiger partial charge in [-0.3, -0.25) is 10.1 Å². The smallest absolute Gasteiger partial charge is 0.323 e. The number of hydrogen-bond donors (Lipinski definition) is 3. The number of halogens is 1. The standard InChI is InChI=1S/C34H27ClN4O7/c35-26-12-23(16-37-27(17-40)34(41)42)29(45-18-21-4-1-3-20(11-21)15-36)14-30(26)46-33-25-6-2-5-24(32(25)38-19-39-33)22-7-8-28-31(13-22)44-10-9-43-28/h1-8,11-14,19,27,37,40H,9-10,16-18H2,(H,41,42)/t27-/m1/s1. The van der Waals surface area contributed by atoms with E-state index in [1.165, 1.54) is 6.33 Å². The molecule has 1 aliphatic rings. The van der Waals surface area contributed by atoms with E-state index in [1.807, 2.05) is 42.5 Å². The molecule has 2 heterocycles. The number of aromatic nitrogens is 2. The van der Waals surface area contributed by atoms with E-state index in [9.17, 15) is 20.3 Å². The van der Waals surface area contributed by atoms with Crippen LogP contribution in [0.2, 0.25) is 5.02 Å². The van der Waals surface area contributed by atoms with Gasteiger partial charge in [-0.2, -0.15) is 5.26 Å². The van der Waals surface area contributed by atoms with Crippen molar-refractivity contribution in [3.63, 3.8) is 0 Å². The van der Waals surface area contributed by atoms with Crippen molar-refractivity contribution in [1.82, 2.24) is 15.3 Å². The molecule has 0 aliphatic carbocycles. The van der Waals surface area contributed by atoms with Crippen molar-refractivity contribution in [3.05, 3.63) is 101 Å². The third kappa shape index (κ3) is 6.64. The number of rotatable bonds is 11. The average molecular weight is 639 g/mol. The molecule has 0 bridgehead atoms. The Kier molecular flexibility index (Phi) is 9.12. The summed E-state index contributed by atoms with van der Waals surface area (Å²) in [5.41, 5.74) is 4.15. The highest BCUT2D eigenvalue weighted by Gasteiger charge is 2.20. The lowest BCUT2D eigenvalue weighted by Gasteiger charge is -2.19. The summed E-state index contributed by atoms with van der Waals surface area (Å²) in [5, 5.41) is 31.8. The fourth-order valence-corrected chi connectivity index (χ4v) is 5.20. The molecule has 1 aromatic heterocycles. The first-order valence-corrected chi connectivity index (χ1v) is 14.6. The first-order chi connectivity index (χ1) is 22.4. The normalized spacial score (nSPS) is 12.7. The molecule has 0 fully saturated rings. The van der Waals surface area contributed by atoms with Crippen molar-refractivity contribution in [1.29, 1.82) is 5.26 Å². The Morgan fingerprint density at radius 3 is 2.65 bits per heavy atom. The number of carboxylic acid groups (broad SMARTS) is 1. The van der Waals surface area contributed by atoms with Gasteiger partial charge in [0.25, 0.3) is 0 Å².